The van der Waals surface area contributed by atoms with Crippen molar-refractivity contribution < 1.29 is 23.2 Å². The van der Waals surface area contributed by atoms with Crippen molar-refractivity contribution in [2.24, 2.45) is 0 Å². The van der Waals surface area contributed by atoms with Crippen LogP contribution >= 0.6 is 0 Å². The van der Waals surface area contributed by atoms with Gasteiger partial charge in [-0.2, -0.15) is 0 Å². The van der Waals surface area contributed by atoms with Gasteiger partial charge in [0.25, 0.3) is 0 Å². The molecule has 0 aliphatic carbocycles. The zero-order chi connectivity index (χ0) is 8.36. The van der Waals surface area contributed by atoms with Gasteiger partial charge < -0.3 is 0 Å². The van der Waals surface area contributed by atoms with Gasteiger partial charge >= 0.3 is 67.7 Å². The Labute approximate surface area is 68.0 Å². The van der Waals surface area contributed by atoms with E-state index < -0.39 is 26.8 Å². The van der Waals surface area contributed by atoms with Crippen LogP contribution in [0.2, 0.25) is 0 Å². The van der Waals surface area contributed by atoms with Crippen LogP contribution in [-0.4, -0.2) is 57.5 Å². The number of hydrogen-bond acceptors (Lipinski definition) is 4. The van der Waals surface area contributed by atoms with Crippen molar-refractivity contribution in [3.8, 4) is 0 Å². The third-order valence-corrected chi connectivity index (χ3v) is 2.41. The summed E-state index contributed by atoms with van der Waals surface area (Å²) < 4.78 is 27.5. The molecule has 0 rings (SSSR count). The van der Waals surface area contributed by atoms with Crippen molar-refractivity contribution in [3.05, 3.63) is 0 Å². The van der Waals surface area contributed by atoms with Gasteiger partial charge in [0.1, 0.15) is 0 Å². The molecule has 0 amide bonds. The Morgan fingerprint density at radius 3 is 1.90 bits per heavy atom. The molecule has 10 heavy (non-hydrogen) atoms. The first kappa shape index (κ1) is 10.4. The summed E-state index contributed by atoms with van der Waals surface area (Å²) in [6.45, 7) is -0.781. The molecule has 0 radical (unpaired) electrons. The van der Waals surface area contributed by atoms with Crippen LogP contribution in [0.25, 0.3) is 0 Å². The molecule has 56 valence electrons. The SMILES string of the molecule is [Li][CH](O)C(CO)S(=O)(=O)O. The topological polar surface area (TPSA) is 94.8 Å². The quantitative estimate of drug-likeness (QED) is 0.321. The monoisotopic (exact) mass is 162 g/mol. The number of hydrogen-bond donors (Lipinski definition) is 3. The van der Waals surface area contributed by atoms with Crippen molar-refractivity contribution >= 4 is 27.8 Å². The molecule has 3 N–H and O–H groups in total. The van der Waals surface area contributed by atoms with Crippen molar-refractivity contribution in [1.29, 1.82) is 0 Å². The summed E-state index contributed by atoms with van der Waals surface area (Å²) in [5.74, 6) is 0. The minimum absolute atomic E-state index is 0.781. The van der Waals surface area contributed by atoms with Crippen LogP contribution in [0, 0.1) is 0 Å². The van der Waals surface area contributed by atoms with Gasteiger partial charge in [-0.05, 0) is 0 Å². The molecule has 0 aliphatic rings. The van der Waals surface area contributed by atoms with E-state index in [-0.39, 0.29) is 0 Å². The van der Waals surface area contributed by atoms with Gasteiger partial charge in [0, 0.05) is 0 Å². The summed E-state index contributed by atoms with van der Waals surface area (Å²) in [4.78, 5) is 0. The van der Waals surface area contributed by atoms with Crippen LogP contribution in [0.1, 0.15) is 0 Å². The van der Waals surface area contributed by atoms with Gasteiger partial charge in [-0.1, -0.05) is 0 Å². The summed E-state index contributed by atoms with van der Waals surface area (Å²) in [7, 11) is -4.31. The summed E-state index contributed by atoms with van der Waals surface area (Å²) in [6.07, 6.45) is 0. The molecular weight excluding hydrogens is 155 g/mol. The van der Waals surface area contributed by atoms with E-state index >= 15 is 0 Å². The fourth-order valence-corrected chi connectivity index (χ4v) is 1.18. The molecule has 0 aliphatic heterocycles. The van der Waals surface area contributed by atoms with Gasteiger partial charge in [0.05, 0.1) is 0 Å². The van der Waals surface area contributed by atoms with E-state index in [4.69, 9.17) is 14.8 Å². The predicted molar refractivity (Wildman–Crippen MR) is 34.2 cm³/mol. The molecular formula is C3H7LiO5S. The van der Waals surface area contributed by atoms with Crippen LogP contribution in [0.5, 0.6) is 0 Å². The molecule has 0 heterocycles. The van der Waals surface area contributed by atoms with Crippen molar-refractivity contribution in [2.45, 2.75) is 10.0 Å². The average Bonchev–Trinajstić information content (AvgIpc) is 1.60. The van der Waals surface area contributed by atoms with Crippen molar-refractivity contribution in [2.75, 3.05) is 6.61 Å². The van der Waals surface area contributed by atoms with Gasteiger partial charge in [-0.25, -0.2) is 0 Å². The summed E-state index contributed by atoms with van der Waals surface area (Å²) in [6, 6.07) is 0. The average molecular weight is 162 g/mol. The molecule has 0 aromatic carbocycles. The van der Waals surface area contributed by atoms with E-state index in [1.807, 2.05) is 0 Å². The molecule has 0 aromatic heterocycles. The molecule has 2 unspecified atom stereocenters. The molecule has 0 bridgehead atoms. The number of rotatable bonds is 3. The van der Waals surface area contributed by atoms with Crippen LogP contribution in [0.15, 0.2) is 0 Å². The van der Waals surface area contributed by atoms with Crippen molar-refractivity contribution in [3.63, 3.8) is 0 Å². The second-order valence-corrected chi connectivity index (χ2v) is 3.61. The van der Waals surface area contributed by atoms with Crippen LogP contribution in [-0.2, 0) is 10.1 Å². The van der Waals surface area contributed by atoms with Gasteiger partial charge in [-0.15, -0.1) is 0 Å². The first-order valence-electron chi connectivity index (χ1n) is 2.64. The molecule has 7 heteroatoms. The minimum atomic E-state index is -4.31. The van der Waals surface area contributed by atoms with Crippen molar-refractivity contribution in [1.82, 2.24) is 0 Å². The third-order valence-electron chi connectivity index (χ3n) is 1.10. The van der Waals surface area contributed by atoms with Gasteiger partial charge in [0.2, 0.25) is 0 Å². The fourth-order valence-electron chi connectivity index (χ4n) is 0.496. The van der Waals surface area contributed by atoms with Crippen LogP contribution < -0.4 is 0 Å². The van der Waals surface area contributed by atoms with E-state index in [1.165, 1.54) is 17.7 Å². The molecule has 2 atom stereocenters. The normalized spacial score (nSPS) is 18.5. The zero-order valence-corrected chi connectivity index (χ0v) is 6.24. The molecule has 0 spiro atoms. The van der Waals surface area contributed by atoms with E-state index in [0.717, 1.165) is 0 Å². The molecule has 0 saturated carbocycles. The first-order chi connectivity index (χ1) is 4.39. The van der Waals surface area contributed by atoms with E-state index in [0.29, 0.717) is 0 Å². The van der Waals surface area contributed by atoms with E-state index in [1.54, 1.807) is 0 Å². The Morgan fingerprint density at radius 1 is 1.50 bits per heavy atom. The van der Waals surface area contributed by atoms with Crippen LogP contribution in [0.4, 0.5) is 0 Å². The van der Waals surface area contributed by atoms with Crippen LogP contribution in [0.3, 0.4) is 0 Å². The van der Waals surface area contributed by atoms with E-state index in [9.17, 15) is 8.42 Å². The molecule has 0 fully saturated rings. The maximum absolute atomic E-state index is 10.2. The summed E-state index contributed by atoms with van der Waals surface area (Å²) in [5.41, 5.74) is 0. The second-order valence-electron chi connectivity index (χ2n) is 1.98. The second kappa shape index (κ2) is 3.71. The fraction of sp³-hybridized carbons (Fsp3) is 1.00. The Morgan fingerprint density at radius 2 is 1.90 bits per heavy atom. The zero-order valence-electron chi connectivity index (χ0n) is 5.43. The Kier molecular flexibility index (Phi) is 3.87. The Balaban J connectivity index is 4.38. The van der Waals surface area contributed by atoms with Gasteiger partial charge in [0.15, 0.2) is 0 Å². The Bertz CT molecular complexity index is 185. The van der Waals surface area contributed by atoms with Gasteiger partial charge in [-0.3, -0.25) is 0 Å². The predicted octanol–water partition coefficient (Wildman–Crippen LogP) is -2.28. The summed E-state index contributed by atoms with van der Waals surface area (Å²) >= 11 is 1.18. The maximum atomic E-state index is 10.2. The molecule has 0 aromatic rings. The summed E-state index contributed by atoms with van der Waals surface area (Å²) in [5, 5.41) is 15.5. The Hall–Kier alpha value is 0.427. The molecule has 5 nitrogen and oxygen atoms in total. The standard InChI is InChI=1S/C3H7O5S.Li/c4-1-3(2-5)9(6,7)8;/h1,3-5H,2H2,(H,6,7,8);. The molecule has 0 saturated heterocycles. The third kappa shape index (κ3) is 3.01. The van der Waals surface area contributed by atoms with E-state index in [2.05, 4.69) is 0 Å². The number of aliphatic hydroxyl groups excluding tert-OH is 2. The number of aliphatic hydroxyl groups is 2. The first-order valence-corrected chi connectivity index (χ1v) is 4.15.